The topological polar surface area (TPSA) is 48.1 Å². The third-order valence-electron chi connectivity index (χ3n) is 3.05. The molecule has 20 heavy (non-hydrogen) atoms. The molecule has 0 saturated heterocycles. The van der Waals surface area contributed by atoms with Crippen LogP contribution in [0.2, 0.25) is 0 Å². The monoisotopic (exact) mass is 274 g/mol. The van der Waals surface area contributed by atoms with Gasteiger partial charge in [-0.25, -0.2) is 4.39 Å². The first-order valence-electron chi connectivity index (χ1n) is 6.63. The highest BCUT2D eigenvalue weighted by Gasteiger charge is 2.09. The summed E-state index contributed by atoms with van der Waals surface area (Å²) in [7, 11) is 0. The van der Waals surface area contributed by atoms with E-state index in [0.29, 0.717) is 18.8 Å². The molecule has 2 N–H and O–H groups in total. The molecule has 2 rings (SSSR count). The van der Waals surface area contributed by atoms with Gasteiger partial charge >= 0.3 is 0 Å². The Morgan fingerprint density at radius 3 is 2.85 bits per heavy atom. The Balaban J connectivity index is 2.15. The van der Waals surface area contributed by atoms with Crippen molar-refractivity contribution in [1.82, 2.24) is 4.98 Å². The van der Waals surface area contributed by atoms with Gasteiger partial charge in [-0.3, -0.25) is 4.98 Å². The number of ether oxygens (including phenoxy) is 1. The van der Waals surface area contributed by atoms with E-state index in [1.165, 1.54) is 12.1 Å². The SMILES string of the molecule is Cc1cccnc1COc1ccc(F)cc1CC(C)N. The zero-order chi connectivity index (χ0) is 14.5. The number of hydrogen-bond donors (Lipinski definition) is 1. The Bertz CT molecular complexity index is 584. The van der Waals surface area contributed by atoms with Crippen molar-refractivity contribution in [2.75, 3.05) is 0 Å². The lowest BCUT2D eigenvalue weighted by Crippen LogP contribution is -2.18. The Morgan fingerprint density at radius 1 is 1.35 bits per heavy atom. The predicted molar refractivity (Wildman–Crippen MR) is 77.1 cm³/mol. The summed E-state index contributed by atoms with van der Waals surface area (Å²) in [5.41, 5.74) is 8.52. The number of benzene rings is 1. The predicted octanol–water partition coefficient (Wildman–Crippen LogP) is 3.00. The first-order valence-corrected chi connectivity index (χ1v) is 6.63. The molecule has 1 aromatic heterocycles. The highest BCUT2D eigenvalue weighted by atomic mass is 19.1. The van der Waals surface area contributed by atoms with E-state index in [4.69, 9.17) is 10.5 Å². The molecule has 4 heteroatoms. The molecule has 0 aliphatic carbocycles. The van der Waals surface area contributed by atoms with Crippen molar-refractivity contribution >= 4 is 0 Å². The van der Waals surface area contributed by atoms with Crippen molar-refractivity contribution in [3.8, 4) is 5.75 Å². The van der Waals surface area contributed by atoms with E-state index in [1.54, 1.807) is 12.3 Å². The van der Waals surface area contributed by atoms with Crippen molar-refractivity contribution in [2.24, 2.45) is 5.73 Å². The minimum atomic E-state index is -0.276. The van der Waals surface area contributed by atoms with Crippen LogP contribution >= 0.6 is 0 Å². The molecule has 0 aliphatic heterocycles. The third kappa shape index (κ3) is 3.78. The number of aryl methyl sites for hydroxylation is 1. The van der Waals surface area contributed by atoms with Gasteiger partial charge in [0.2, 0.25) is 0 Å². The minimum absolute atomic E-state index is 0.0456. The van der Waals surface area contributed by atoms with Crippen LogP contribution in [0.1, 0.15) is 23.7 Å². The zero-order valence-corrected chi connectivity index (χ0v) is 11.8. The average Bonchev–Trinajstić information content (AvgIpc) is 2.39. The van der Waals surface area contributed by atoms with Gasteiger partial charge in [0.15, 0.2) is 0 Å². The molecule has 1 aromatic carbocycles. The molecule has 1 heterocycles. The third-order valence-corrected chi connectivity index (χ3v) is 3.05. The minimum Gasteiger partial charge on any atom is -0.487 e. The lowest BCUT2D eigenvalue weighted by molar-refractivity contribution is 0.296. The van der Waals surface area contributed by atoms with Gasteiger partial charge in [0.05, 0.1) is 5.69 Å². The summed E-state index contributed by atoms with van der Waals surface area (Å²) in [6.45, 7) is 4.24. The summed E-state index contributed by atoms with van der Waals surface area (Å²) in [5.74, 6) is 0.385. The maximum Gasteiger partial charge on any atom is 0.130 e. The van der Waals surface area contributed by atoms with E-state index in [1.807, 2.05) is 26.0 Å². The van der Waals surface area contributed by atoms with Crippen molar-refractivity contribution in [2.45, 2.75) is 32.9 Å². The smallest absolute Gasteiger partial charge is 0.130 e. The molecule has 106 valence electrons. The molecule has 3 nitrogen and oxygen atoms in total. The van der Waals surface area contributed by atoms with Crippen molar-refractivity contribution in [3.63, 3.8) is 0 Å². The van der Waals surface area contributed by atoms with Crippen LogP contribution in [-0.4, -0.2) is 11.0 Å². The molecule has 0 radical (unpaired) electrons. The summed E-state index contributed by atoms with van der Waals surface area (Å²) < 4.78 is 19.1. The number of nitrogens with zero attached hydrogens (tertiary/aromatic N) is 1. The van der Waals surface area contributed by atoms with E-state index in [2.05, 4.69) is 4.98 Å². The fraction of sp³-hybridized carbons (Fsp3) is 0.312. The van der Waals surface area contributed by atoms with Crippen LogP contribution in [0.15, 0.2) is 36.5 Å². The van der Waals surface area contributed by atoms with Gasteiger partial charge in [-0.1, -0.05) is 6.07 Å². The Morgan fingerprint density at radius 2 is 2.15 bits per heavy atom. The Hall–Kier alpha value is -1.94. The van der Waals surface area contributed by atoms with Crippen molar-refractivity contribution < 1.29 is 9.13 Å². The van der Waals surface area contributed by atoms with Crippen LogP contribution in [0.5, 0.6) is 5.75 Å². The fourth-order valence-corrected chi connectivity index (χ4v) is 2.01. The van der Waals surface area contributed by atoms with E-state index < -0.39 is 0 Å². The van der Waals surface area contributed by atoms with Crippen LogP contribution in [0.3, 0.4) is 0 Å². The summed E-state index contributed by atoms with van der Waals surface area (Å²) >= 11 is 0. The van der Waals surface area contributed by atoms with Crippen LogP contribution in [0.25, 0.3) is 0 Å². The van der Waals surface area contributed by atoms with E-state index >= 15 is 0 Å². The number of rotatable bonds is 5. The van der Waals surface area contributed by atoms with Crippen LogP contribution < -0.4 is 10.5 Å². The molecule has 0 fully saturated rings. The molecule has 1 atom stereocenters. The van der Waals surface area contributed by atoms with Gasteiger partial charge in [0.25, 0.3) is 0 Å². The van der Waals surface area contributed by atoms with Gasteiger partial charge in [0, 0.05) is 12.2 Å². The lowest BCUT2D eigenvalue weighted by atomic mass is 10.1. The second kappa shape index (κ2) is 6.48. The fourth-order valence-electron chi connectivity index (χ4n) is 2.01. The van der Waals surface area contributed by atoms with Crippen LogP contribution in [0, 0.1) is 12.7 Å². The van der Waals surface area contributed by atoms with Crippen molar-refractivity contribution in [3.05, 3.63) is 59.2 Å². The lowest BCUT2D eigenvalue weighted by Gasteiger charge is -2.13. The number of pyridine rings is 1. The molecule has 2 aromatic rings. The number of nitrogens with two attached hydrogens (primary N) is 1. The maximum absolute atomic E-state index is 13.3. The Labute approximate surface area is 118 Å². The summed E-state index contributed by atoms with van der Waals surface area (Å²) in [4.78, 5) is 4.28. The van der Waals surface area contributed by atoms with Gasteiger partial charge in [-0.15, -0.1) is 0 Å². The van der Waals surface area contributed by atoms with Gasteiger partial charge in [-0.2, -0.15) is 0 Å². The van der Waals surface area contributed by atoms with Crippen molar-refractivity contribution in [1.29, 1.82) is 0 Å². The number of aromatic nitrogens is 1. The zero-order valence-electron chi connectivity index (χ0n) is 11.8. The molecule has 1 unspecified atom stereocenters. The first-order chi connectivity index (χ1) is 9.56. The van der Waals surface area contributed by atoms with Crippen LogP contribution in [0.4, 0.5) is 4.39 Å². The van der Waals surface area contributed by atoms with E-state index in [-0.39, 0.29) is 11.9 Å². The van der Waals surface area contributed by atoms with Gasteiger partial charge in [-0.05, 0) is 55.7 Å². The van der Waals surface area contributed by atoms with Crippen LogP contribution in [-0.2, 0) is 13.0 Å². The molecular formula is C16H19FN2O. The first kappa shape index (κ1) is 14.5. The maximum atomic E-state index is 13.3. The summed E-state index contributed by atoms with van der Waals surface area (Å²) in [6.07, 6.45) is 2.31. The summed E-state index contributed by atoms with van der Waals surface area (Å²) in [5, 5.41) is 0. The highest BCUT2D eigenvalue weighted by molar-refractivity contribution is 5.35. The largest absolute Gasteiger partial charge is 0.487 e. The molecule has 0 spiro atoms. The second-order valence-corrected chi connectivity index (χ2v) is 4.99. The standard InChI is InChI=1S/C16H19FN2O/c1-11-4-3-7-19-15(11)10-20-16-6-5-14(17)9-13(16)8-12(2)18/h3-7,9,12H,8,10,18H2,1-2H3. The quantitative estimate of drug-likeness (QED) is 0.911. The number of halogens is 1. The molecule has 0 saturated carbocycles. The molecular weight excluding hydrogens is 255 g/mol. The summed E-state index contributed by atoms with van der Waals surface area (Å²) in [6, 6.07) is 8.34. The number of hydrogen-bond acceptors (Lipinski definition) is 3. The normalized spacial score (nSPS) is 12.2. The molecule has 0 aliphatic rings. The van der Waals surface area contributed by atoms with Gasteiger partial charge in [0.1, 0.15) is 18.2 Å². The van der Waals surface area contributed by atoms with E-state index in [0.717, 1.165) is 16.8 Å². The van der Waals surface area contributed by atoms with E-state index in [9.17, 15) is 4.39 Å². The Kier molecular flexibility index (Phi) is 4.69. The second-order valence-electron chi connectivity index (χ2n) is 4.99. The molecule has 0 amide bonds. The average molecular weight is 274 g/mol. The highest BCUT2D eigenvalue weighted by Crippen LogP contribution is 2.22. The van der Waals surface area contributed by atoms with Gasteiger partial charge < -0.3 is 10.5 Å². The molecule has 0 bridgehead atoms.